The minimum Gasteiger partial charge on any atom is -0.476 e. The third kappa shape index (κ3) is 4.39. The number of hydrogen-bond acceptors (Lipinski definition) is 5. The molecule has 0 saturated heterocycles. The maximum absolute atomic E-state index is 12.8. The lowest BCUT2D eigenvalue weighted by Gasteiger charge is -2.10. The van der Waals surface area contributed by atoms with Crippen molar-refractivity contribution < 1.29 is 13.5 Å². The summed E-state index contributed by atoms with van der Waals surface area (Å²) in [6.45, 7) is 2.83. The summed E-state index contributed by atoms with van der Waals surface area (Å²) in [4.78, 5) is 7.40. The fraction of sp³-hybridized carbons (Fsp3) is 0.316. The molecule has 3 rings (SSSR count). The zero-order chi connectivity index (χ0) is 20.1. The van der Waals surface area contributed by atoms with Crippen LogP contribution in [-0.2, 0) is 7.05 Å². The van der Waals surface area contributed by atoms with Gasteiger partial charge in [0.25, 0.3) is 6.43 Å². The van der Waals surface area contributed by atoms with Crippen molar-refractivity contribution in [1.29, 1.82) is 0 Å². The zero-order valence-corrected chi connectivity index (χ0v) is 16.2. The van der Waals surface area contributed by atoms with Gasteiger partial charge in [0.05, 0.1) is 12.3 Å². The summed E-state index contributed by atoms with van der Waals surface area (Å²) in [7, 11) is 1.88. The molecule has 0 aliphatic rings. The Morgan fingerprint density at radius 2 is 1.96 bits per heavy atom. The minimum atomic E-state index is -2.75. The highest BCUT2D eigenvalue weighted by Crippen LogP contribution is 2.30. The predicted octanol–water partition coefficient (Wildman–Crippen LogP) is 4.66. The van der Waals surface area contributed by atoms with Crippen molar-refractivity contribution >= 4 is 17.4 Å². The van der Waals surface area contributed by atoms with Crippen LogP contribution in [-0.4, -0.2) is 32.9 Å². The third-order valence-electron chi connectivity index (χ3n) is 4.16. The molecule has 0 aliphatic heterocycles. The number of aromatic nitrogens is 4. The van der Waals surface area contributed by atoms with Gasteiger partial charge in [-0.1, -0.05) is 41.9 Å². The second-order valence-corrected chi connectivity index (χ2v) is 6.50. The number of aryl methyl sites for hydroxylation is 1. The number of rotatable bonds is 8. The zero-order valence-electron chi connectivity index (χ0n) is 15.5. The van der Waals surface area contributed by atoms with Crippen molar-refractivity contribution in [3.05, 3.63) is 52.9 Å². The van der Waals surface area contributed by atoms with E-state index in [1.807, 2.05) is 44.3 Å². The van der Waals surface area contributed by atoms with Gasteiger partial charge in [-0.3, -0.25) is 4.68 Å². The summed E-state index contributed by atoms with van der Waals surface area (Å²) in [6, 6.07) is 9.97. The van der Waals surface area contributed by atoms with Gasteiger partial charge in [-0.25, -0.2) is 18.7 Å². The van der Waals surface area contributed by atoms with Gasteiger partial charge in [0, 0.05) is 24.7 Å². The van der Waals surface area contributed by atoms with Crippen LogP contribution in [0.5, 0.6) is 5.88 Å². The predicted molar refractivity (Wildman–Crippen MR) is 104 cm³/mol. The Balaban J connectivity index is 1.55. The van der Waals surface area contributed by atoms with Crippen molar-refractivity contribution in [1.82, 2.24) is 19.7 Å². The third-order valence-corrected chi connectivity index (χ3v) is 4.54. The van der Waals surface area contributed by atoms with Crippen LogP contribution in [0.2, 0.25) is 5.02 Å². The Hall–Kier alpha value is -2.74. The molecule has 0 amide bonds. The molecule has 0 spiro atoms. The molecule has 1 aromatic carbocycles. The first-order chi connectivity index (χ1) is 13.5. The summed E-state index contributed by atoms with van der Waals surface area (Å²) in [5.74, 6) is 0.758. The van der Waals surface area contributed by atoms with Gasteiger partial charge in [0.1, 0.15) is 22.9 Å². The molecule has 2 heterocycles. The highest BCUT2D eigenvalue weighted by atomic mass is 35.5. The Bertz CT molecular complexity index is 934. The van der Waals surface area contributed by atoms with Crippen LogP contribution in [0, 0.1) is 6.92 Å². The van der Waals surface area contributed by atoms with Gasteiger partial charge in [0.15, 0.2) is 0 Å². The van der Waals surface area contributed by atoms with Gasteiger partial charge in [-0.2, -0.15) is 0 Å². The molecule has 0 radical (unpaired) electrons. The van der Waals surface area contributed by atoms with Crippen LogP contribution >= 0.6 is 11.6 Å². The van der Waals surface area contributed by atoms with E-state index in [0.29, 0.717) is 25.5 Å². The molecule has 9 heteroatoms. The molecule has 3 aromatic rings. The van der Waals surface area contributed by atoms with Crippen LogP contribution in [0.1, 0.15) is 24.1 Å². The minimum absolute atomic E-state index is 0.161. The van der Waals surface area contributed by atoms with Crippen molar-refractivity contribution in [2.24, 2.45) is 7.05 Å². The lowest BCUT2D eigenvalue weighted by Crippen LogP contribution is -2.10. The lowest BCUT2D eigenvalue weighted by molar-refractivity contribution is 0.146. The average molecular weight is 408 g/mol. The number of nitrogens with zero attached hydrogens (tertiary/aromatic N) is 4. The highest BCUT2D eigenvalue weighted by molar-refractivity contribution is 6.33. The topological polar surface area (TPSA) is 64.9 Å². The van der Waals surface area contributed by atoms with E-state index in [1.54, 1.807) is 4.68 Å². The molecule has 1 N–H and O–H groups in total. The molecule has 0 bridgehead atoms. The number of halogens is 3. The number of ether oxygens (including phenoxy) is 1. The average Bonchev–Trinajstić information content (AvgIpc) is 2.96. The summed E-state index contributed by atoms with van der Waals surface area (Å²) in [5.41, 5.74) is 2.55. The Morgan fingerprint density at radius 3 is 2.68 bits per heavy atom. The second kappa shape index (κ2) is 8.97. The SMILES string of the molecule is Cc1c(OCCCNc2ncnc(C(F)F)c2Cl)nn(C)c1-c1ccccc1. The highest BCUT2D eigenvalue weighted by Gasteiger charge is 2.17. The molecular formula is C19H20ClF2N5O. The number of anilines is 1. The van der Waals surface area contributed by atoms with Gasteiger partial charge >= 0.3 is 0 Å². The van der Waals surface area contributed by atoms with E-state index in [-0.39, 0.29) is 10.8 Å². The molecule has 6 nitrogen and oxygen atoms in total. The Labute approximate surface area is 166 Å². The summed E-state index contributed by atoms with van der Waals surface area (Å²) in [6.07, 6.45) is -1.07. The van der Waals surface area contributed by atoms with Crippen LogP contribution in [0.4, 0.5) is 14.6 Å². The molecule has 0 fully saturated rings. The van der Waals surface area contributed by atoms with E-state index in [2.05, 4.69) is 20.4 Å². The summed E-state index contributed by atoms with van der Waals surface area (Å²) < 4.78 is 33.2. The van der Waals surface area contributed by atoms with Crippen LogP contribution < -0.4 is 10.1 Å². The van der Waals surface area contributed by atoms with Crippen molar-refractivity contribution in [2.75, 3.05) is 18.5 Å². The molecule has 0 atom stereocenters. The fourth-order valence-electron chi connectivity index (χ4n) is 2.85. The standard InChI is InChI=1S/C19H20ClF2N5O/c1-12-16(13-7-4-3-5-8-13)27(2)26-19(12)28-10-6-9-23-18-14(20)15(17(21)22)24-11-25-18/h3-5,7-8,11,17H,6,9-10H2,1-2H3,(H,23,24,25). The molecule has 148 valence electrons. The van der Waals surface area contributed by atoms with E-state index in [9.17, 15) is 8.78 Å². The van der Waals surface area contributed by atoms with Crippen molar-refractivity contribution in [3.8, 4) is 17.1 Å². The second-order valence-electron chi connectivity index (χ2n) is 6.12. The molecule has 0 saturated carbocycles. The number of hydrogen-bond donors (Lipinski definition) is 1. The first-order valence-corrected chi connectivity index (χ1v) is 9.11. The van der Waals surface area contributed by atoms with Crippen molar-refractivity contribution in [2.45, 2.75) is 19.8 Å². The number of benzene rings is 1. The normalized spacial score (nSPS) is 11.1. The van der Waals surface area contributed by atoms with Crippen LogP contribution in [0.15, 0.2) is 36.7 Å². The molecule has 0 unspecified atom stereocenters. The monoisotopic (exact) mass is 407 g/mol. The maximum atomic E-state index is 12.8. The van der Waals surface area contributed by atoms with Gasteiger partial charge in [0.2, 0.25) is 5.88 Å². The smallest absolute Gasteiger partial charge is 0.282 e. The van der Waals surface area contributed by atoms with Gasteiger partial charge in [-0.15, -0.1) is 5.10 Å². The van der Waals surface area contributed by atoms with Gasteiger partial charge in [-0.05, 0) is 13.3 Å². The first-order valence-electron chi connectivity index (χ1n) is 8.73. The maximum Gasteiger partial charge on any atom is 0.282 e. The van der Waals surface area contributed by atoms with E-state index < -0.39 is 12.1 Å². The van der Waals surface area contributed by atoms with E-state index in [0.717, 1.165) is 23.1 Å². The Kier molecular flexibility index (Phi) is 6.41. The summed E-state index contributed by atoms with van der Waals surface area (Å²) in [5, 5.41) is 7.21. The first kappa shape index (κ1) is 20.0. The van der Waals surface area contributed by atoms with E-state index in [1.165, 1.54) is 0 Å². The van der Waals surface area contributed by atoms with Crippen LogP contribution in [0.3, 0.4) is 0 Å². The summed E-state index contributed by atoms with van der Waals surface area (Å²) >= 11 is 5.90. The van der Waals surface area contributed by atoms with Gasteiger partial charge < -0.3 is 10.1 Å². The fourth-order valence-corrected chi connectivity index (χ4v) is 3.10. The largest absolute Gasteiger partial charge is 0.476 e. The quantitative estimate of drug-likeness (QED) is 0.550. The van der Waals surface area contributed by atoms with Crippen LogP contribution in [0.25, 0.3) is 11.3 Å². The number of nitrogens with one attached hydrogen (secondary N) is 1. The van der Waals surface area contributed by atoms with E-state index >= 15 is 0 Å². The lowest BCUT2D eigenvalue weighted by atomic mass is 10.1. The number of alkyl halides is 2. The molecule has 28 heavy (non-hydrogen) atoms. The molecule has 0 aliphatic carbocycles. The molecular weight excluding hydrogens is 388 g/mol. The van der Waals surface area contributed by atoms with Crippen molar-refractivity contribution in [3.63, 3.8) is 0 Å². The van der Waals surface area contributed by atoms with E-state index in [4.69, 9.17) is 16.3 Å². The molecule has 2 aromatic heterocycles. The Morgan fingerprint density at radius 1 is 1.21 bits per heavy atom.